The number of unbranched alkanes of at least 4 members (excludes halogenated alkanes) is 1. The van der Waals surface area contributed by atoms with Crippen molar-refractivity contribution in [1.82, 2.24) is 25.3 Å². The van der Waals surface area contributed by atoms with Gasteiger partial charge in [-0.2, -0.15) is 0 Å². The van der Waals surface area contributed by atoms with Crippen molar-refractivity contribution in [2.75, 3.05) is 73.7 Å². The first kappa shape index (κ1) is 68.8. The molecule has 1 saturated heterocycles. The molecule has 0 spiro atoms. The van der Waals surface area contributed by atoms with Gasteiger partial charge in [-0.15, -0.1) is 0 Å². The highest BCUT2D eigenvalue weighted by molar-refractivity contribution is 5.95. The summed E-state index contributed by atoms with van der Waals surface area (Å²) in [6, 6.07) is 12.7. The zero-order chi connectivity index (χ0) is 59.6. The summed E-state index contributed by atoms with van der Waals surface area (Å²) in [5.41, 5.74) is 7.99. The van der Waals surface area contributed by atoms with Gasteiger partial charge >= 0.3 is 6.09 Å². The molecule has 1 aliphatic rings. The summed E-state index contributed by atoms with van der Waals surface area (Å²) in [7, 11) is 7.86. The maximum Gasteiger partial charge on any atom is 0.410 e. The molecule has 450 valence electrons. The molecule has 0 unspecified atom stereocenters. The van der Waals surface area contributed by atoms with Crippen LogP contribution in [0.1, 0.15) is 130 Å². The third kappa shape index (κ3) is 21.1. The predicted molar refractivity (Wildman–Crippen MR) is 307 cm³/mol. The number of nitrogens with zero attached hydrogens (tertiary/aromatic N) is 3. The summed E-state index contributed by atoms with van der Waals surface area (Å²) < 4.78 is 28.0. The van der Waals surface area contributed by atoms with Crippen LogP contribution in [-0.4, -0.2) is 172 Å². The summed E-state index contributed by atoms with van der Waals surface area (Å²) in [4.78, 5) is 100. The number of nitrogens with one attached hydrogen (secondary N) is 3. The van der Waals surface area contributed by atoms with Gasteiger partial charge < -0.3 is 65.2 Å². The fraction of sp³-hybridized carbons (Fsp3) is 0.683. The second kappa shape index (κ2) is 35.4. The van der Waals surface area contributed by atoms with E-state index in [1.807, 2.05) is 59.7 Å². The van der Waals surface area contributed by atoms with Crippen LogP contribution in [0.5, 0.6) is 0 Å². The van der Waals surface area contributed by atoms with Gasteiger partial charge in [-0.05, 0) is 80.0 Å². The van der Waals surface area contributed by atoms with Crippen molar-refractivity contribution < 1.29 is 62.4 Å². The molecule has 6 N–H and O–H groups in total. The van der Waals surface area contributed by atoms with Crippen LogP contribution in [0.25, 0.3) is 0 Å². The number of ketones is 1. The molecule has 3 rings (SSSR count). The summed E-state index contributed by atoms with van der Waals surface area (Å²) in [5, 5.41) is 19.5. The van der Waals surface area contributed by atoms with Gasteiger partial charge in [0.2, 0.25) is 29.5 Å². The zero-order valence-corrected chi connectivity index (χ0v) is 50.1. The van der Waals surface area contributed by atoms with E-state index in [0.717, 1.165) is 0 Å². The van der Waals surface area contributed by atoms with Gasteiger partial charge in [0, 0.05) is 73.0 Å². The highest BCUT2D eigenvalue weighted by Crippen LogP contribution is 2.32. The number of aliphatic hydroxyl groups is 1. The molecule has 2 aromatic carbocycles. The van der Waals surface area contributed by atoms with E-state index in [0.29, 0.717) is 88.2 Å². The van der Waals surface area contributed by atoms with Gasteiger partial charge in [0.15, 0.2) is 5.78 Å². The Morgan fingerprint density at radius 2 is 1.49 bits per heavy atom. The van der Waals surface area contributed by atoms with Crippen LogP contribution in [-0.2, 0) is 59.1 Å². The highest BCUT2D eigenvalue weighted by atomic mass is 16.6. The third-order valence-corrected chi connectivity index (χ3v) is 15.5. The maximum absolute atomic E-state index is 14.8. The molecule has 2 aromatic rings. The lowest BCUT2D eigenvalue weighted by Crippen LogP contribution is -2.55. The van der Waals surface area contributed by atoms with Gasteiger partial charge in [0.05, 0.1) is 80.7 Å². The Labute approximate surface area is 476 Å². The number of Topliss-reactive ketones (excluding diaryl/α,β-unsaturated/α-hetero) is 1. The summed E-state index contributed by atoms with van der Waals surface area (Å²) in [6.45, 7) is 17.0. The molecule has 20 heteroatoms. The van der Waals surface area contributed by atoms with Crippen molar-refractivity contribution in [2.45, 2.75) is 168 Å². The standard InChI is InChI=1S/C60H97N7O13/c1-14-40(6)54(50(77-12)36-52(70)67-31-20-24-48(67)56(78-13)41(7)57(72)63-42(8)55(71)44-21-16-15-17-22-44)65(9)59(74)46(38(2)3)35-49(68)53(39(4)5)66(10)60(75)80-37-43-25-27-45(28-26-43)64-58(73)47(61)23-18-19-30-62-51(69)29-32-79-34-33-76-11/h15-17,21-22,25-28,38-42,46-48,50,53-56,71H,14,18-20,23-24,29-37,61H2,1-13H3,(H,62,69)(H,63,72)(H,64,73)/t40-,41+,42+,46-,47-,48-,50+,53-,54-,55+,56+/m0/s1. The number of rotatable bonds is 36. The van der Waals surface area contributed by atoms with E-state index >= 15 is 0 Å². The van der Waals surface area contributed by atoms with Crippen LogP contribution in [0.3, 0.4) is 0 Å². The molecule has 1 aliphatic heterocycles. The molecule has 6 amide bonds. The average molecular weight is 1120 g/mol. The number of carbonyl (C=O) groups excluding carboxylic acids is 7. The van der Waals surface area contributed by atoms with Crippen molar-refractivity contribution >= 4 is 47.1 Å². The van der Waals surface area contributed by atoms with Crippen molar-refractivity contribution in [3.05, 3.63) is 65.7 Å². The summed E-state index contributed by atoms with van der Waals surface area (Å²) in [5.74, 6) is -3.65. The minimum atomic E-state index is -0.916. The molecule has 0 bridgehead atoms. The number of anilines is 1. The Balaban J connectivity index is 1.61. The SMILES string of the molecule is CC[C@H](C)[C@@H]([C@@H](CC(=O)N1CCC[C@H]1[C@H](OC)[C@@H](C)C(=O)N[C@H](C)[C@@H](O)c1ccccc1)OC)N(C)C(=O)[C@@H](CC(=O)[C@H](C(C)C)N(C)C(=O)OCc1ccc(NC(=O)[C@@H](N)CCCCNC(=O)CCOCCOC)cc1)C(C)C. The number of nitrogens with two attached hydrogens (primary N) is 1. The van der Waals surface area contributed by atoms with Gasteiger partial charge in [0.25, 0.3) is 0 Å². The molecule has 20 nitrogen and oxygen atoms in total. The van der Waals surface area contributed by atoms with Crippen molar-refractivity contribution in [1.29, 1.82) is 0 Å². The maximum atomic E-state index is 14.8. The Bertz CT molecular complexity index is 2220. The lowest BCUT2D eigenvalue weighted by atomic mass is 9.83. The number of ether oxygens (including phenoxy) is 5. The number of benzene rings is 2. The van der Waals surface area contributed by atoms with E-state index in [1.54, 1.807) is 74.2 Å². The largest absolute Gasteiger partial charge is 0.445 e. The Morgan fingerprint density at radius 3 is 2.09 bits per heavy atom. The highest BCUT2D eigenvalue weighted by Gasteiger charge is 2.44. The molecular weight excluding hydrogens is 1030 g/mol. The Hall–Kier alpha value is -5.51. The molecule has 11 atom stereocenters. The van der Waals surface area contributed by atoms with E-state index < -0.39 is 66.5 Å². The van der Waals surface area contributed by atoms with Crippen molar-refractivity contribution in [2.24, 2.45) is 35.3 Å². The second-order valence-corrected chi connectivity index (χ2v) is 22.1. The minimum Gasteiger partial charge on any atom is -0.445 e. The van der Waals surface area contributed by atoms with Crippen molar-refractivity contribution in [3.63, 3.8) is 0 Å². The normalized spacial score (nSPS) is 17.3. The van der Waals surface area contributed by atoms with Crippen LogP contribution in [0, 0.1) is 29.6 Å². The molecule has 0 saturated carbocycles. The van der Waals surface area contributed by atoms with Gasteiger partial charge in [-0.3, -0.25) is 28.8 Å². The molecule has 0 aliphatic carbocycles. The topological polar surface area (TPSA) is 258 Å². The van der Waals surface area contributed by atoms with Crippen LogP contribution < -0.4 is 21.7 Å². The predicted octanol–water partition coefficient (Wildman–Crippen LogP) is 6.28. The lowest BCUT2D eigenvalue weighted by Gasteiger charge is -2.41. The number of likely N-dealkylation sites (N-methyl/N-ethyl adjacent to an activating group) is 2. The van der Waals surface area contributed by atoms with Crippen LogP contribution in [0.2, 0.25) is 0 Å². The number of methoxy groups -OCH3 is 3. The molecule has 0 radical (unpaired) electrons. The Morgan fingerprint density at radius 1 is 0.812 bits per heavy atom. The monoisotopic (exact) mass is 1120 g/mol. The smallest absolute Gasteiger partial charge is 0.410 e. The molecular formula is C60H97N7O13. The first-order valence-electron chi connectivity index (χ1n) is 28.6. The van der Waals surface area contributed by atoms with Gasteiger partial charge in [0.1, 0.15) is 6.61 Å². The fourth-order valence-corrected chi connectivity index (χ4v) is 10.5. The molecule has 80 heavy (non-hydrogen) atoms. The number of carbonyl (C=O) groups is 7. The number of likely N-dealkylation sites (tertiary alicyclic amines) is 1. The minimum absolute atomic E-state index is 0.0420. The number of hydrogen-bond donors (Lipinski definition) is 5. The lowest BCUT2D eigenvalue weighted by molar-refractivity contribution is -0.149. The summed E-state index contributed by atoms with van der Waals surface area (Å²) in [6.07, 6.45) is 0.826. The Kier molecular flexibility index (Phi) is 30.4. The second-order valence-electron chi connectivity index (χ2n) is 22.1. The first-order chi connectivity index (χ1) is 38.0. The zero-order valence-electron chi connectivity index (χ0n) is 50.1. The number of hydrogen-bond acceptors (Lipinski definition) is 14. The van der Waals surface area contributed by atoms with E-state index in [9.17, 15) is 38.7 Å². The van der Waals surface area contributed by atoms with E-state index in [4.69, 9.17) is 29.4 Å². The summed E-state index contributed by atoms with van der Waals surface area (Å²) >= 11 is 0. The van der Waals surface area contributed by atoms with E-state index in [-0.39, 0.29) is 78.9 Å². The van der Waals surface area contributed by atoms with Crippen LogP contribution >= 0.6 is 0 Å². The molecule has 1 fully saturated rings. The van der Waals surface area contributed by atoms with Crippen LogP contribution in [0.4, 0.5) is 10.5 Å². The van der Waals surface area contributed by atoms with Gasteiger partial charge in [-0.1, -0.05) is 97.4 Å². The first-order valence-corrected chi connectivity index (χ1v) is 28.6. The van der Waals surface area contributed by atoms with E-state index in [1.165, 1.54) is 26.2 Å². The number of aliphatic hydroxyl groups excluding tert-OH is 1. The van der Waals surface area contributed by atoms with Gasteiger partial charge in [-0.25, -0.2) is 4.79 Å². The average Bonchev–Trinajstić information content (AvgIpc) is 3.93. The fourth-order valence-electron chi connectivity index (χ4n) is 10.5. The third-order valence-electron chi connectivity index (χ3n) is 15.5. The van der Waals surface area contributed by atoms with Crippen LogP contribution in [0.15, 0.2) is 54.6 Å². The van der Waals surface area contributed by atoms with E-state index in [2.05, 4.69) is 16.0 Å². The molecule has 0 aromatic heterocycles. The number of amides is 6. The van der Waals surface area contributed by atoms with Crippen molar-refractivity contribution in [3.8, 4) is 0 Å². The quantitative estimate of drug-likeness (QED) is 0.0471. The molecule has 1 heterocycles.